The van der Waals surface area contributed by atoms with Crippen LogP contribution in [0, 0.1) is 0 Å². The summed E-state index contributed by atoms with van der Waals surface area (Å²) in [5, 5.41) is 1.25. The van der Waals surface area contributed by atoms with Crippen LogP contribution in [0.2, 0.25) is 0 Å². The van der Waals surface area contributed by atoms with Gasteiger partial charge < -0.3 is 4.57 Å². The minimum atomic E-state index is 1.01. The van der Waals surface area contributed by atoms with E-state index in [0.29, 0.717) is 0 Å². The van der Waals surface area contributed by atoms with Gasteiger partial charge in [-0.25, -0.2) is 0 Å². The SMILES string of the molecule is C1=Nc2ccccc2-c2cc3ccccc3n2/C=C\1. The molecular formula is C17H12N2. The summed E-state index contributed by atoms with van der Waals surface area (Å²) in [4.78, 5) is 4.49. The molecule has 2 aromatic carbocycles. The van der Waals surface area contributed by atoms with Gasteiger partial charge in [-0.2, -0.15) is 0 Å². The minimum absolute atomic E-state index is 1.01. The highest BCUT2D eigenvalue weighted by Gasteiger charge is 2.12. The summed E-state index contributed by atoms with van der Waals surface area (Å²) in [6.07, 6.45) is 5.89. The highest BCUT2D eigenvalue weighted by Crippen LogP contribution is 2.35. The van der Waals surface area contributed by atoms with E-state index in [2.05, 4.69) is 58.2 Å². The van der Waals surface area contributed by atoms with E-state index in [1.54, 1.807) is 0 Å². The summed E-state index contributed by atoms with van der Waals surface area (Å²) in [7, 11) is 0. The molecule has 4 rings (SSSR count). The molecule has 0 saturated heterocycles. The van der Waals surface area contributed by atoms with E-state index in [0.717, 1.165) is 5.69 Å². The highest BCUT2D eigenvalue weighted by molar-refractivity contribution is 5.94. The molecule has 2 nitrogen and oxygen atoms in total. The second kappa shape index (κ2) is 3.95. The number of aliphatic imine (C=N–C) groups is 1. The number of benzene rings is 2. The number of aromatic nitrogens is 1. The van der Waals surface area contributed by atoms with Crippen LogP contribution in [-0.2, 0) is 0 Å². The van der Waals surface area contributed by atoms with Crippen molar-refractivity contribution in [3.63, 3.8) is 0 Å². The number of nitrogens with zero attached hydrogens (tertiary/aromatic N) is 2. The lowest BCUT2D eigenvalue weighted by Crippen LogP contribution is -1.92. The number of hydrogen-bond donors (Lipinski definition) is 0. The zero-order chi connectivity index (χ0) is 12.7. The Morgan fingerprint density at radius 2 is 1.74 bits per heavy atom. The third-order valence-electron chi connectivity index (χ3n) is 3.46. The van der Waals surface area contributed by atoms with Crippen molar-refractivity contribution in [1.29, 1.82) is 0 Å². The number of rotatable bonds is 0. The molecule has 0 atom stereocenters. The zero-order valence-corrected chi connectivity index (χ0v) is 10.3. The van der Waals surface area contributed by atoms with Crippen molar-refractivity contribution >= 4 is 29.0 Å². The molecule has 0 spiro atoms. The molecular weight excluding hydrogens is 232 g/mol. The van der Waals surface area contributed by atoms with E-state index >= 15 is 0 Å². The maximum atomic E-state index is 4.49. The van der Waals surface area contributed by atoms with Gasteiger partial charge in [-0.3, -0.25) is 4.99 Å². The molecule has 90 valence electrons. The summed E-state index contributed by atoms with van der Waals surface area (Å²) < 4.78 is 2.22. The second-order valence-electron chi connectivity index (χ2n) is 4.60. The van der Waals surface area contributed by atoms with E-state index in [-0.39, 0.29) is 0 Å². The fourth-order valence-electron chi connectivity index (χ4n) is 2.59. The molecule has 2 heteroatoms. The summed E-state index contributed by atoms with van der Waals surface area (Å²) in [6, 6.07) is 18.9. The average Bonchev–Trinajstić information content (AvgIpc) is 2.79. The highest BCUT2D eigenvalue weighted by atomic mass is 15.0. The second-order valence-corrected chi connectivity index (χ2v) is 4.60. The smallest absolute Gasteiger partial charge is 0.0723 e. The first-order valence-corrected chi connectivity index (χ1v) is 6.34. The molecule has 0 radical (unpaired) electrons. The molecule has 19 heavy (non-hydrogen) atoms. The predicted octanol–water partition coefficient (Wildman–Crippen LogP) is 4.49. The Hall–Kier alpha value is -2.61. The van der Waals surface area contributed by atoms with Crippen LogP contribution >= 0.6 is 0 Å². The van der Waals surface area contributed by atoms with Crippen molar-refractivity contribution in [3.8, 4) is 11.3 Å². The quantitative estimate of drug-likeness (QED) is 0.554. The Balaban J connectivity index is 2.14. The van der Waals surface area contributed by atoms with Crippen molar-refractivity contribution in [2.24, 2.45) is 4.99 Å². The van der Waals surface area contributed by atoms with Crippen LogP contribution in [0.5, 0.6) is 0 Å². The first-order chi connectivity index (χ1) is 9.43. The summed E-state index contributed by atoms with van der Waals surface area (Å²) in [5.41, 5.74) is 4.58. The van der Waals surface area contributed by atoms with Gasteiger partial charge in [-0.15, -0.1) is 0 Å². The molecule has 0 amide bonds. The lowest BCUT2D eigenvalue weighted by Gasteiger charge is -2.10. The van der Waals surface area contributed by atoms with Gasteiger partial charge >= 0.3 is 0 Å². The molecule has 1 aliphatic heterocycles. The van der Waals surface area contributed by atoms with Crippen LogP contribution in [0.4, 0.5) is 5.69 Å². The largest absolute Gasteiger partial charge is 0.316 e. The number of allylic oxidation sites excluding steroid dienone is 1. The van der Waals surface area contributed by atoms with Gasteiger partial charge in [0.25, 0.3) is 0 Å². The van der Waals surface area contributed by atoms with Gasteiger partial charge in [0.15, 0.2) is 0 Å². The first-order valence-electron chi connectivity index (χ1n) is 6.34. The van der Waals surface area contributed by atoms with Gasteiger partial charge in [0.1, 0.15) is 0 Å². The summed E-state index contributed by atoms with van der Waals surface area (Å²) in [5.74, 6) is 0. The van der Waals surface area contributed by atoms with Crippen molar-refractivity contribution in [1.82, 2.24) is 4.57 Å². The maximum absolute atomic E-state index is 4.49. The predicted molar refractivity (Wildman–Crippen MR) is 80.9 cm³/mol. The van der Waals surface area contributed by atoms with Crippen LogP contribution in [0.3, 0.4) is 0 Å². The monoisotopic (exact) mass is 244 g/mol. The van der Waals surface area contributed by atoms with E-state index < -0.39 is 0 Å². The van der Waals surface area contributed by atoms with Crippen molar-refractivity contribution in [3.05, 3.63) is 60.7 Å². The fraction of sp³-hybridized carbons (Fsp3) is 0. The normalized spacial score (nSPS) is 14.5. The number of para-hydroxylation sites is 2. The molecule has 0 aliphatic carbocycles. The van der Waals surface area contributed by atoms with Crippen LogP contribution in [0.15, 0.2) is 65.7 Å². The van der Waals surface area contributed by atoms with Gasteiger partial charge in [-0.05, 0) is 24.3 Å². The Morgan fingerprint density at radius 3 is 2.74 bits per heavy atom. The van der Waals surface area contributed by atoms with Gasteiger partial charge in [0, 0.05) is 23.4 Å². The topological polar surface area (TPSA) is 17.3 Å². The third kappa shape index (κ3) is 1.54. The number of fused-ring (bicyclic) bond motifs is 5. The Morgan fingerprint density at radius 1 is 0.895 bits per heavy atom. The molecule has 3 aromatic rings. The lowest BCUT2D eigenvalue weighted by atomic mass is 10.1. The third-order valence-corrected chi connectivity index (χ3v) is 3.46. The molecule has 1 aliphatic rings. The molecule has 1 aromatic heterocycles. The molecule has 0 fully saturated rings. The Labute approximate surface area is 111 Å². The zero-order valence-electron chi connectivity index (χ0n) is 10.3. The van der Waals surface area contributed by atoms with E-state index in [1.165, 1.54) is 22.2 Å². The summed E-state index contributed by atoms with van der Waals surface area (Å²) in [6.45, 7) is 0. The molecule has 2 heterocycles. The standard InChI is InChI=1S/C17H12N2/c1-4-9-16-13(6-1)12-17-14-7-2-3-8-15(14)18-10-5-11-19(16)17/h1-12H/b11-5-,18-10?. The van der Waals surface area contributed by atoms with Gasteiger partial charge in [-0.1, -0.05) is 36.4 Å². The van der Waals surface area contributed by atoms with Crippen LogP contribution < -0.4 is 0 Å². The minimum Gasteiger partial charge on any atom is -0.316 e. The average molecular weight is 244 g/mol. The molecule has 0 unspecified atom stereocenters. The number of hydrogen-bond acceptors (Lipinski definition) is 1. The van der Waals surface area contributed by atoms with Crippen LogP contribution in [-0.4, -0.2) is 10.8 Å². The van der Waals surface area contributed by atoms with E-state index in [1.807, 2.05) is 24.4 Å². The van der Waals surface area contributed by atoms with Crippen molar-refractivity contribution in [2.45, 2.75) is 0 Å². The fourth-order valence-corrected chi connectivity index (χ4v) is 2.59. The molecule has 0 saturated carbocycles. The van der Waals surface area contributed by atoms with Gasteiger partial charge in [0.05, 0.1) is 16.9 Å². The molecule has 0 N–H and O–H groups in total. The van der Waals surface area contributed by atoms with E-state index in [9.17, 15) is 0 Å². The van der Waals surface area contributed by atoms with Crippen molar-refractivity contribution < 1.29 is 0 Å². The van der Waals surface area contributed by atoms with Crippen molar-refractivity contribution in [2.75, 3.05) is 0 Å². The summed E-state index contributed by atoms with van der Waals surface area (Å²) >= 11 is 0. The first kappa shape index (κ1) is 10.3. The van der Waals surface area contributed by atoms with E-state index in [4.69, 9.17) is 0 Å². The molecule has 0 bridgehead atoms. The van der Waals surface area contributed by atoms with Crippen LogP contribution in [0.25, 0.3) is 28.4 Å². The Kier molecular flexibility index (Phi) is 2.15. The lowest BCUT2D eigenvalue weighted by molar-refractivity contribution is 1.23. The van der Waals surface area contributed by atoms with Crippen LogP contribution in [0.1, 0.15) is 0 Å². The Bertz CT molecular complexity index is 822. The van der Waals surface area contributed by atoms with Gasteiger partial charge in [0.2, 0.25) is 0 Å². The maximum Gasteiger partial charge on any atom is 0.0723 e.